The van der Waals surface area contributed by atoms with Gasteiger partial charge in [-0.1, -0.05) is 19.1 Å². The lowest BCUT2D eigenvalue weighted by Crippen LogP contribution is -2.23. The highest BCUT2D eigenvalue weighted by molar-refractivity contribution is 5.67. The van der Waals surface area contributed by atoms with E-state index in [2.05, 4.69) is 5.32 Å². The molecule has 0 fully saturated rings. The van der Waals surface area contributed by atoms with Crippen LogP contribution in [0.1, 0.15) is 18.9 Å². The third kappa shape index (κ3) is 4.35. The van der Waals surface area contributed by atoms with E-state index in [4.69, 9.17) is 10.5 Å². The van der Waals surface area contributed by atoms with Crippen LogP contribution >= 0.6 is 0 Å². The highest BCUT2D eigenvalue weighted by Gasteiger charge is 2.00. The molecule has 0 radical (unpaired) electrons. The van der Waals surface area contributed by atoms with Crippen LogP contribution in [0.3, 0.4) is 0 Å². The molecule has 0 heterocycles. The van der Waals surface area contributed by atoms with Gasteiger partial charge in [-0.05, 0) is 24.1 Å². The molecule has 4 heteroatoms. The number of nitrogens with one attached hydrogen (secondary N) is 1. The zero-order valence-corrected chi connectivity index (χ0v) is 8.82. The Labute approximate surface area is 89.4 Å². The van der Waals surface area contributed by atoms with Crippen molar-refractivity contribution in [1.29, 1.82) is 0 Å². The Bertz CT molecular complexity index is 309. The number of hydrogen-bond acceptors (Lipinski definition) is 3. The van der Waals surface area contributed by atoms with Gasteiger partial charge in [0.1, 0.15) is 0 Å². The van der Waals surface area contributed by atoms with Crippen molar-refractivity contribution >= 4 is 11.8 Å². The molecule has 0 unspecified atom stereocenters. The van der Waals surface area contributed by atoms with E-state index in [0.717, 1.165) is 12.0 Å². The number of amides is 1. The molecule has 0 aromatic heterocycles. The van der Waals surface area contributed by atoms with Gasteiger partial charge in [0.15, 0.2) is 0 Å². The van der Waals surface area contributed by atoms with Crippen LogP contribution in [0.4, 0.5) is 10.5 Å². The van der Waals surface area contributed by atoms with E-state index >= 15 is 0 Å². The van der Waals surface area contributed by atoms with E-state index < -0.39 is 0 Å². The number of hydrogen-bond donors (Lipinski definition) is 2. The fourth-order valence-electron chi connectivity index (χ4n) is 1.06. The van der Waals surface area contributed by atoms with Crippen LogP contribution in [-0.2, 0) is 11.3 Å². The van der Waals surface area contributed by atoms with Crippen molar-refractivity contribution in [3.8, 4) is 0 Å². The average Bonchev–Trinajstić information content (AvgIpc) is 2.25. The number of anilines is 1. The van der Waals surface area contributed by atoms with E-state index in [1.54, 1.807) is 12.1 Å². The summed E-state index contributed by atoms with van der Waals surface area (Å²) in [5.74, 6) is 0. The Morgan fingerprint density at radius 1 is 1.40 bits per heavy atom. The highest BCUT2D eigenvalue weighted by atomic mass is 16.5. The summed E-state index contributed by atoms with van der Waals surface area (Å²) in [5, 5.41) is 2.65. The molecule has 1 aromatic carbocycles. The molecule has 0 aliphatic carbocycles. The molecule has 3 N–H and O–H groups in total. The number of carbonyl (C=O) groups excluding carboxylic acids is 1. The first-order chi connectivity index (χ1) is 7.22. The largest absolute Gasteiger partial charge is 0.450 e. The van der Waals surface area contributed by atoms with Gasteiger partial charge in [-0.25, -0.2) is 4.79 Å². The highest BCUT2D eigenvalue weighted by Crippen LogP contribution is 2.04. The number of benzene rings is 1. The van der Waals surface area contributed by atoms with Crippen LogP contribution in [0, 0.1) is 0 Å². The minimum Gasteiger partial charge on any atom is -0.450 e. The molecule has 1 amide bonds. The molecule has 4 nitrogen and oxygen atoms in total. The summed E-state index contributed by atoms with van der Waals surface area (Å²) in [4.78, 5) is 11.1. The first-order valence-corrected chi connectivity index (χ1v) is 4.97. The molecule has 82 valence electrons. The van der Waals surface area contributed by atoms with Gasteiger partial charge in [-0.2, -0.15) is 0 Å². The first-order valence-electron chi connectivity index (χ1n) is 4.97. The summed E-state index contributed by atoms with van der Waals surface area (Å²) in [6, 6.07) is 7.34. The van der Waals surface area contributed by atoms with Crippen molar-refractivity contribution in [3.63, 3.8) is 0 Å². The maximum Gasteiger partial charge on any atom is 0.407 e. The second kappa shape index (κ2) is 5.90. The molecular formula is C11H16N2O2. The summed E-state index contributed by atoms with van der Waals surface area (Å²) in [6.07, 6.45) is 0.448. The monoisotopic (exact) mass is 208 g/mol. The molecule has 0 spiro atoms. The van der Waals surface area contributed by atoms with Crippen molar-refractivity contribution in [2.75, 3.05) is 12.3 Å². The van der Waals surface area contributed by atoms with Gasteiger partial charge < -0.3 is 15.8 Å². The van der Waals surface area contributed by atoms with Gasteiger partial charge in [0.25, 0.3) is 0 Å². The molecule has 0 saturated heterocycles. The van der Waals surface area contributed by atoms with Crippen LogP contribution in [-0.4, -0.2) is 12.7 Å². The van der Waals surface area contributed by atoms with Crippen molar-refractivity contribution in [3.05, 3.63) is 29.8 Å². The summed E-state index contributed by atoms with van der Waals surface area (Å²) < 4.78 is 4.86. The third-order valence-corrected chi connectivity index (χ3v) is 1.85. The second-order valence-corrected chi connectivity index (χ2v) is 3.23. The lowest BCUT2D eigenvalue weighted by molar-refractivity contribution is 0.146. The molecule has 0 atom stereocenters. The SMILES string of the molecule is CCCOC(=O)NCc1ccc(N)cc1. The average molecular weight is 208 g/mol. The Morgan fingerprint density at radius 3 is 2.67 bits per heavy atom. The normalized spacial score (nSPS) is 9.67. The maximum absolute atomic E-state index is 11.1. The van der Waals surface area contributed by atoms with Gasteiger partial charge in [-0.15, -0.1) is 0 Å². The molecular weight excluding hydrogens is 192 g/mol. The van der Waals surface area contributed by atoms with E-state index in [0.29, 0.717) is 18.8 Å². The second-order valence-electron chi connectivity index (χ2n) is 3.23. The van der Waals surface area contributed by atoms with Gasteiger partial charge in [0, 0.05) is 12.2 Å². The minimum atomic E-state index is -0.381. The Kier molecular flexibility index (Phi) is 4.47. The van der Waals surface area contributed by atoms with Gasteiger partial charge >= 0.3 is 6.09 Å². The lowest BCUT2D eigenvalue weighted by Gasteiger charge is -2.06. The molecule has 0 aliphatic heterocycles. The van der Waals surface area contributed by atoms with Crippen molar-refractivity contribution in [2.24, 2.45) is 0 Å². The molecule has 0 saturated carbocycles. The van der Waals surface area contributed by atoms with E-state index in [1.165, 1.54) is 0 Å². The minimum absolute atomic E-state index is 0.381. The van der Waals surface area contributed by atoms with Crippen molar-refractivity contribution in [2.45, 2.75) is 19.9 Å². The number of alkyl carbamates (subject to hydrolysis) is 1. The quantitative estimate of drug-likeness (QED) is 0.743. The van der Waals surface area contributed by atoms with E-state index in [9.17, 15) is 4.79 Å². The van der Waals surface area contributed by atoms with Gasteiger partial charge in [-0.3, -0.25) is 0 Å². The van der Waals surface area contributed by atoms with Crippen LogP contribution < -0.4 is 11.1 Å². The summed E-state index contributed by atoms with van der Waals surface area (Å²) in [5.41, 5.74) is 7.25. The predicted molar refractivity (Wildman–Crippen MR) is 59.3 cm³/mol. The summed E-state index contributed by atoms with van der Waals surface area (Å²) >= 11 is 0. The number of rotatable bonds is 4. The molecule has 15 heavy (non-hydrogen) atoms. The smallest absolute Gasteiger partial charge is 0.407 e. The Morgan fingerprint density at radius 2 is 2.07 bits per heavy atom. The molecule has 0 aliphatic rings. The van der Waals surface area contributed by atoms with Gasteiger partial charge in [0.2, 0.25) is 0 Å². The Hall–Kier alpha value is -1.71. The van der Waals surface area contributed by atoms with Crippen molar-refractivity contribution < 1.29 is 9.53 Å². The number of nitrogens with two attached hydrogens (primary N) is 1. The fourth-order valence-corrected chi connectivity index (χ4v) is 1.06. The molecule has 1 aromatic rings. The molecule has 0 bridgehead atoms. The topological polar surface area (TPSA) is 64.3 Å². The lowest BCUT2D eigenvalue weighted by atomic mass is 10.2. The first kappa shape index (κ1) is 11.4. The number of ether oxygens (including phenoxy) is 1. The van der Waals surface area contributed by atoms with Gasteiger partial charge in [0.05, 0.1) is 6.61 Å². The van der Waals surface area contributed by atoms with E-state index in [1.807, 2.05) is 19.1 Å². The molecule has 1 rings (SSSR count). The Balaban J connectivity index is 2.30. The van der Waals surface area contributed by atoms with Crippen LogP contribution in [0.5, 0.6) is 0 Å². The number of carbonyl (C=O) groups is 1. The zero-order chi connectivity index (χ0) is 11.1. The summed E-state index contributed by atoms with van der Waals surface area (Å²) in [7, 11) is 0. The predicted octanol–water partition coefficient (Wildman–Crippen LogP) is 1.91. The standard InChI is InChI=1S/C11H16N2O2/c1-2-7-15-11(14)13-8-9-3-5-10(12)6-4-9/h3-6H,2,7-8,12H2,1H3,(H,13,14). The third-order valence-electron chi connectivity index (χ3n) is 1.85. The fraction of sp³-hybridized carbons (Fsp3) is 0.364. The van der Waals surface area contributed by atoms with Crippen LogP contribution in [0.15, 0.2) is 24.3 Å². The number of nitrogen functional groups attached to an aromatic ring is 1. The maximum atomic E-state index is 11.1. The van der Waals surface area contributed by atoms with Crippen LogP contribution in [0.2, 0.25) is 0 Å². The zero-order valence-electron chi connectivity index (χ0n) is 8.82. The van der Waals surface area contributed by atoms with E-state index in [-0.39, 0.29) is 6.09 Å². The van der Waals surface area contributed by atoms with Crippen LogP contribution in [0.25, 0.3) is 0 Å². The summed E-state index contributed by atoms with van der Waals surface area (Å²) in [6.45, 7) is 2.86. The van der Waals surface area contributed by atoms with Crippen molar-refractivity contribution in [1.82, 2.24) is 5.32 Å².